The fraction of sp³-hybridized carbons (Fsp3) is 0.200. The molecule has 1 aromatic carbocycles. The molecule has 0 fully saturated rings. The van der Waals surface area contributed by atoms with Gasteiger partial charge in [0.25, 0.3) is 0 Å². The molecule has 0 unspecified atom stereocenters. The van der Waals surface area contributed by atoms with E-state index in [-0.39, 0.29) is 0 Å². The summed E-state index contributed by atoms with van der Waals surface area (Å²) in [5.74, 6) is -0.393. The molecule has 0 spiro atoms. The van der Waals surface area contributed by atoms with E-state index in [1.165, 1.54) is 7.11 Å². The van der Waals surface area contributed by atoms with E-state index in [1.54, 1.807) is 18.2 Å². The van der Waals surface area contributed by atoms with Crippen LogP contribution in [0.1, 0.15) is 32.1 Å². The molecule has 0 aliphatic heterocycles. The summed E-state index contributed by atoms with van der Waals surface area (Å²) in [6, 6.07) is 8.98. The minimum Gasteiger partial charge on any atom is -0.465 e. The lowest BCUT2D eigenvalue weighted by atomic mass is 10.1. The molecular formula is C15H15NO3. The van der Waals surface area contributed by atoms with Crippen molar-refractivity contribution in [3.8, 4) is 5.69 Å². The van der Waals surface area contributed by atoms with Gasteiger partial charge < -0.3 is 9.30 Å². The minimum absolute atomic E-state index is 0.393. The van der Waals surface area contributed by atoms with Crippen molar-refractivity contribution in [1.82, 2.24) is 4.57 Å². The van der Waals surface area contributed by atoms with Crippen LogP contribution in [0.3, 0.4) is 0 Å². The predicted molar refractivity (Wildman–Crippen MR) is 72.0 cm³/mol. The highest BCUT2D eigenvalue weighted by molar-refractivity contribution is 5.93. The lowest BCUT2D eigenvalue weighted by Gasteiger charge is -2.13. The van der Waals surface area contributed by atoms with Crippen molar-refractivity contribution in [2.45, 2.75) is 13.8 Å². The molecule has 0 aliphatic carbocycles. The van der Waals surface area contributed by atoms with Gasteiger partial charge in [0, 0.05) is 17.0 Å². The summed E-state index contributed by atoms with van der Waals surface area (Å²) >= 11 is 0. The summed E-state index contributed by atoms with van der Waals surface area (Å²) in [5, 5.41) is 0. The molecule has 1 heterocycles. The van der Waals surface area contributed by atoms with E-state index in [1.807, 2.05) is 30.5 Å². The molecule has 1 aromatic heterocycles. The van der Waals surface area contributed by atoms with Crippen molar-refractivity contribution in [2.24, 2.45) is 0 Å². The number of rotatable bonds is 3. The number of aldehydes is 1. The number of benzene rings is 1. The number of methoxy groups -OCH3 is 1. The van der Waals surface area contributed by atoms with E-state index >= 15 is 0 Å². The Bertz CT molecular complexity index is 641. The number of aromatic nitrogens is 1. The van der Waals surface area contributed by atoms with Crippen molar-refractivity contribution in [3.05, 3.63) is 52.8 Å². The molecule has 2 rings (SSSR count). The Morgan fingerprint density at radius 2 is 1.95 bits per heavy atom. The van der Waals surface area contributed by atoms with Crippen LogP contribution in [-0.2, 0) is 4.74 Å². The van der Waals surface area contributed by atoms with Crippen LogP contribution in [0.15, 0.2) is 30.3 Å². The lowest BCUT2D eigenvalue weighted by molar-refractivity contribution is 0.0600. The molecule has 0 atom stereocenters. The highest BCUT2D eigenvalue weighted by atomic mass is 16.5. The number of nitrogens with zero attached hydrogens (tertiary/aromatic N) is 1. The molecule has 2 aromatic rings. The van der Waals surface area contributed by atoms with Gasteiger partial charge in [-0.25, -0.2) is 4.79 Å². The lowest BCUT2D eigenvalue weighted by Crippen LogP contribution is -2.09. The molecule has 4 nitrogen and oxygen atoms in total. The van der Waals surface area contributed by atoms with E-state index in [4.69, 9.17) is 4.74 Å². The van der Waals surface area contributed by atoms with E-state index in [0.717, 1.165) is 23.4 Å². The summed E-state index contributed by atoms with van der Waals surface area (Å²) in [4.78, 5) is 22.8. The fourth-order valence-corrected chi connectivity index (χ4v) is 2.23. The molecule has 0 N–H and O–H groups in total. The average Bonchev–Trinajstić information content (AvgIpc) is 2.72. The summed E-state index contributed by atoms with van der Waals surface area (Å²) in [6.45, 7) is 3.75. The van der Waals surface area contributed by atoms with Gasteiger partial charge >= 0.3 is 5.97 Å². The molecule has 4 heteroatoms. The Morgan fingerprint density at radius 1 is 1.26 bits per heavy atom. The van der Waals surface area contributed by atoms with Crippen molar-refractivity contribution >= 4 is 12.3 Å². The maximum Gasteiger partial charge on any atom is 0.339 e. The Morgan fingerprint density at radius 3 is 2.53 bits per heavy atom. The van der Waals surface area contributed by atoms with Gasteiger partial charge in [0.2, 0.25) is 0 Å². The van der Waals surface area contributed by atoms with E-state index in [2.05, 4.69) is 0 Å². The number of hydrogen-bond donors (Lipinski definition) is 0. The molecule has 0 radical (unpaired) electrons. The third-order valence-electron chi connectivity index (χ3n) is 3.15. The molecule has 98 valence electrons. The molecular weight excluding hydrogens is 242 g/mol. The molecule has 0 saturated heterocycles. The summed E-state index contributed by atoms with van der Waals surface area (Å²) in [6.07, 6.45) is 0.819. The first-order valence-electron chi connectivity index (χ1n) is 5.92. The molecule has 0 bridgehead atoms. The first kappa shape index (κ1) is 13.1. The van der Waals surface area contributed by atoms with Crippen LogP contribution in [0.4, 0.5) is 0 Å². The highest BCUT2D eigenvalue weighted by Crippen LogP contribution is 2.23. The van der Waals surface area contributed by atoms with Gasteiger partial charge in [-0.1, -0.05) is 12.1 Å². The second kappa shape index (κ2) is 5.10. The van der Waals surface area contributed by atoms with Crippen LogP contribution in [0.2, 0.25) is 0 Å². The van der Waals surface area contributed by atoms with Crippen LogP contribution in [0.5, 0.6) is 0 Å². The van der Waals surface area contributed by atoms with Gasteiger partial charge in [-0.15, -0.1) is 0 Å². The van der Waals surface area contributed by atoms with Crippen molar-refractivity contribution < 1.29 is 14.3 Å². The zero-order chi connectivity index (χ0) is 14.0. The summed E-state index contributed by atoms with van der Waals surface area (Å²) in [7, 11) is 1.35. The number of carbonyl (C=O) groups is 2. The van der Waals surface area contributed by atoms with Gasteiger partial charge in [-0.05, 0) is 32.0 Å². The quantitative estimate of drug-likeness (QED) is 0.627. The van der Waals surface area contributed by atoms with Gasteiger partial charge in [0.15, 0.2) is 6.29 Å². The van der Waals surface area contributed by atoms with Crippen molar-refractivity contribution in [3.63, 3.8) is 0 Å². The first-order chi connectivity index (χ1) is 9.10. The maximum absolute atomic E-state index is 11.8. The van der Waals surface area contributed by atoms with E-state index < -0.39 is 5.97 Å². The SMILES string of the molecule is COC(=O)c1ccccc1-n1c(C)cc(C=O)c1C. The van der Waals surface area contributed by atoms with Crippen LogP contribution in [0.25, 0.3) is 5.69 Å². The molecule has 0 aliphatic rings. The Labute approximate surface area is 111 Å². The Kier molecular flexibility index (Phi) is 3.51. The number of aryl methyl sites for hydroxylation is 1. The van der Waals surface area contributed by atoms with E-state index in [9.17, 15) is 9.59 Å². The fourth-order valence-electron chi connectivity index (χ4n) is 2.23. The maximum atomic E-state index is 11.8. The number of esters is 1. The second-order valence-electron chi connectivity index (χ2n) is 4.29. The normalized spacial score (nSPS) is 10.3. The molecule has 19 heavy (non-hydrogen) atoms. The number of para-hydroxylation sites is 1. The Hall–Kier alpha value is -2.36. The van der Waals surface area contributed by atoms with Crippen LogP contribution >= 0.6 is 0 Å². The largest absolute Gasteiger partial charge is 0.465 e. The molecule has 0 amide bonds. The zero-order valence-electron chi connectivity index (χ0n) is 11.1. The van der Waals surface area contributed by atoms with Gasteiger partial charge in [-0.2, -0.15) is 0 Å². The average molecular weight is 257 g/mol. The first-order valence-corrected chi connectivity index (χ1v) is 5.92. The monoisotopic (exact) mass is 257 g/mol. The standard InChI is InChI=1S/C15H15NO3/c1-10-8-12(9-17)11(2)16(10)14-7-5-4-6-13(14)15(18)19-3/h4-9H,1-3H3. The smallest absolute Gasteiger partial charge is 0.339 e. The minimum atomic E-state index is -0.393. The number of ether oxygens (including phenoxy) is 1. The second-order valence-corrected chi connectivity index (χ2v) is 4.29. The van der Waals surface area contributed by atoms with Gasteiger partial charge in [0.1, 0.15) is 0 Å². The topological polar surface area (TPSA) is 48.3 Å². The predicted octanol–water partition coefficient (Wildman–Crippen LogP) is 2.69. The van der Waals surface area contributed by atoms with Crippen LogP contribution in [0, 0.1) is 13.8 Å². The summed E-state index contributed by atoms with van der Waals surface area (Å²) in [5.41, 5.74) is 3.53. The van der Waals surface area contributed by atoms with E-state index in [0.29, 0.717) is 11.1 Å². The van der Waals surface area contributed by atoms with Crippen LogP contribution in [-0.4, -0.2) is 23.9 Å². The van der Waals surface area contributed by atoms with Gasteiger partial charge in [-0.3, -0.25) is 4.79 Å². The Balaban J connectivity index is 2.69. The van der Waals surface area contributed by atoms with Crippen molar-refractivity contribution in [2.75, 3.05) is 7.11 Å². The van der Waals surface area contributed by atoms with Crippen molar-refractivity contribution in [1.29, 1.82) is 0 Å². The summed E-state index contributed by atoms with van der Waals surface area (Å²) < 4.78 is 6.67. The third-order valence-corrected chi connectivity index (χ3v) is 3.15. The highest BCUT2D eigenvalue weighted by Gasteiger charge is 2.16. The van der Waals surface area contributed by atoms with Crippen LogP contribution < -0.4 is 0 Å². The third kappa shape index (κ3) is 2.17. The number of hydrogen-bond acceptors (Lipinski definition) is 3. The zero-order valence-corrected chi connectivity index (χ0v) is 11.1. The number of carbonyl (C=O) groups excluding carboxylic acids is 2. The molecule has 0 saturated carbocycles. The van der Waals surface area contributed by atoms with Gasteiger partial charge in [0.05, 0.1) is 18.4 Å².